The molecule has 140 valence electrons. The quantitative estimate of drug-likeness (QED) is 0.806. The number of anilines is 1. The van der Waals surface area contributed by atoms with Gasteiger partial charge in [0.2, 0.25) is 15.9 Å². The van der Waals surface area contributed by atoms with E-state index in [1.165, 1.54) is 21.7 Å². The predicted octanol–water partition coefficient (Wildman–Crippen LogP) is 1.65. The van der Waals surface area contributed by atoms with Crippen LogP contribution in [-0.4, -0.2) is 61.2 Å². The molecule has 1 amide bonds. The molecule has 1 aromatic carbocycles. The molecule has 7 nitrogen and oxygen atoms in total. The molecular formula is C17H22N4O3S2. The highest BCUT2D eigenvalue weighted by molar-refractivity contribution is 7.89. The van der Waals surface area contributed by atoms with Crippen molar-refractivity contribution in [3.63, 3.8) is 0 Å². The molecular weight excluding hydrogens is 372 g/mol. The molecule has 0 bridgehead atoms. The van der Waals surface area contributed by atoms with Gasteiger partial charge in [-0.3, -0.25) is 4.79 Å². The minimum Gasteiger partial charge on any atom is -0.326 e. The van der Waals surface area contributed by atoms with Gasteiger partial charge in [0, 0.05) is 37.2 Å². The monoisotopic (exact) mass is 394 g/mol. The van der Waals surface area contributed by atoms with Crippen molar-refractivity contribution >= 4 is 33.0 Å². The summed E-state index contributed by atoms with van der Waals surface area (Å²) >= 11 is 1.43. The first kappa shape index (κ1) is 19.0. The van der Waals surface area contributed by atoms with Gasteiger partial charge < -0.3 is 10.2 Å². The van der Waals surface area contributed by atoms with Crippen LogP contribution in [0.15, 0.2) is 40.1 Å². The van der Waals surface area contributed by atoms with E-state index in [-0.39, 0.29) is 17.2 Å². The Kier molecular flexibility index (Phi) is 6.02. The van der Waals surface area contributed by atoms with Gasteiger partial charge in [0.1, 0.15) is 0 Å². The van der Waals surface area contributed by atoms with Crippen molar-refractivity contribution in [1.82, 2.24) is 14.2 Å². The van der Waals surface area contributed by atoms with Crippen LogP contribution in [0.2, 0.25) is 0 Å². The number of carbonyl (C=O) groups excluding carboxylic acids is 1. The molecule has 0 radical (unpaired) electrons. The standard InChI is InChI=1S/C17H22N4O3S2/c1-2-20-6-8-21(9-7-20)26(23,24)16-5-3-4-14(10-16)19-17(22)11-15-12-25-13-18-15/h3-5,10,12-13H,2,6-9,11H2,1H3,(H,19,22). The third-order valence-corrected chi connectivity index (χ3v) is 6.89. The van der Waals surface area contributed by atoms with Crippen LogP contribution in [0.4, 0.5) is 5.69 Å². The van der Waals surface area contributed by atoms with E-state index in [9.17, 15) is 13.2 Å². The number of nitrogens with one attached hydrogen (secondary N) is 1. The van der Waals surface area contributed by atoms with E-state index in [0.29, 0.717) is 24.5 Å². The number of nitrogens with zero attached hydrogens (tertiary/aromatic N) is 3. The van der Waals surface area contributed by atoms with Gasteiger partial charge in [-0.1, -0.05) is 13.0 Å². The van der Waals surface area contributed by atoms with Crippen LogP contribution < -0.4 is 5.32 Å². The molecule has 0 unspecified atom stereocenters. The first-order valence-corrected chi connectivity index (χ1v) is 10.9. The van der Waals surface area contributed by atoms with Crippen LogP contribution in [0, 0.1) is 0 Å². The Labute approximate surface area is 157 Å². The second-order valence-corrected chi connectivity index (χ2v) is 8.73. The summed E-state index contributed by atoms with van der Waals surface area (Å²) in [7, 11) is -3.56. The number of carbonyl (C=O) groups is 1. The van der Waals surface area contributed by atoms with E-state index in [0.717, 1.165) is 19.6 Å². The Morgan fingerprint density at radius 2 is 2.04 bits per heavy atom. The van der Waals surface area contributed by atoms with E-state index in [4.69, 9.17) is 0 Å². The fraction of sp³-hybridized carbons (Fsp3) is 0.412. The third kappa shape index (κ3) is 4.47. The molecule has 0 spiro atoms. The molecule has 26 heavy (non-hydrogen) atoms. The van der Waals surface area contributed by atoms with Crippen molar-refractivity contribution in [2.45, 2.75) is 18.2 Å². The van der Waals surface area contributed by atoms with Gasteiger partial charge in [0.15, 0.2) is 0 Å². The van der Waals surface area contributed by atoms with Gasteiger partial charge in [0.25, 0.3) is 0 Å². The lowest BCUT2D eigenvalue weighted by Crippen LogP contribution is -2.48. The topological polar surface area (TPSA) is 82.6 Å². The molecule has 2 aromatic rings. The number of piperazine rings is 1. The van der Waals surface area contributed by atoms with E-state index in [1.807, 2.05) is 5.38 Å². The molecule has 1 fully saturated rings. The van der Waals surface area contributed by atoms with Crippen LogP contribution in [0.5, 0.6) is 0 Å². The maximum Gasteiger partial charge on any atom is 0.243 e. The number of benzene rings is 1. The summed E-state index contributed by atoms with van der Waals surface area (Å²) in [6, 6.07) is 6.42. The SMILES string of the molecule is CCN1CCN(S(=O)(=O)c2cccc(NC(=O)Cc3cscn3)c2)CC1. The molecule has 0 saturated carbocycles. The Morgan fingerprint density at radius 1 is 1.27 bits per heavy atom. The van der Waals surface area contributed by atoms with Gasteiger partial charge in [0.05, 0.1) is 22.5 Å². The maximum absolute atomic E-state index is 12.9. The Balaban J connectivity index is 1.69. The Bertz CT molecular complexity index is 845. The van der Waals surface area contributed by atoms with E-state index < -0.39 is 10.0 Å². The molecule has 1 N–H and O–H groups in total. The molecule has 1 aromatic heterocycles. The lowest BCUT2D eigenvalue weighted by molar-refractivity contribution is -0.115. The second kappa shape index (κ2) is 8.26. The Morgan fingerprint density at radius 3 is 2.69 bits per heavy atom. The maximum atomic E-state index is 12.9. The lowest BCUT2D eigenvalue weighted by Gasteiger charge is -2.33. The fourth-order valence-electron chi connectivity index (χ4n) is 2.86. The van der Waals surface area contributed by atoms with Crippen molar-refractivity contribution in [2.24, 2.45) is 0 Å². The molecule has 3 rings (SSSR count). The van der Waals surface area contributed by atoms with Crippen molar-refractivity contribution in [3.05, 3.63) is 40.8 Å². The number of hydrogen-bond acceptors (Lipinski definition) is 6. The zero-order chi connectivity index (χ0) is 18.6. The highest BCUT2D eigenvalue weighted by Gasteiger charge is 2.28. The minimum absolute atomic E-state index is 0.166. The summed E-state index contributed by atoms with van der Waals surface area (Å²) in [5.41, 5.74) is 2.84. The highest BCUT2D eigenvalue weighted by atomic mass is 32.2. The number of sulfonamides is 1. The average molecular weight is 395 g/mol. The van der Waals surface area contributed by atoms with Crippen LogP contribution in [0.1, 0.15) is 12.6 Å². The minimum atomic E-state index is -3.56. The summed E-state index contributed by atoms with van der Waals surface area (Å²) in [5.74, 6) is -0.220. The van der Waals surface area contributed by atoms with E-state index >= 15 is 0 Å². The van der Waals surface area contributed by atoms with Crippen LogP contribution in [0.3, 0.4) is 0 Å². The molecule has 9 heteroatoms. The molecule has 2 heterocycles. The summed E-state index contributed by atoms with van der Waals surface area (Å²) in [5, 5.41) is 4.56. The number of rotatable bonds is 6. The fourth-order valence-corrected chi connectivity index (χ4v) is 4.89. The number of hydrogen-bond donors (Lipinski definition) is 1. The largest absolute Gasteiger partial charge is 0.326 e. The smallest absolute Gasteiger partial charge is 0.243 e. The van der Waals surface area contributed by atoms with Crippen molar-refractivity contribution in [3.8, 4) is 0 Å². The first-order valence-electron chi connectivity index (χ1n) is 8.48. The van der Waals surface area contributed by atoms with Crippen LogP contribution in [-0.2, 0) is 21.2 Å². The van der Waals surface area contributed by atoms with Crippen molar-refractivity contribution < 1.29 is 13.2 Å². The summed E-state index contributed by atoms with van der Waals surface area (Å²) in [4.78, 5) is 18.6. The zero-order valence-electron chi connectivity index (χ0n) is 14.6. The number of thiazole rings is 1. The summed E-state index contributed by atoms with van der Waals surface area (Å²) in [6.45, 7) is 5.43. The molecule has 1 saturated heterocycles. The van der Waals surface area contributed by atoms with Gasteiger partial charge in [-0.15, -0.1) is 11.3 Å². The molecule has 1 aliphatic heterocycles. The average Bonchev–Trinajstić information content (AvgIpc) is 3.14. The van der Waals surface area contributed by atoms with Crippen molar-refractivity contribution in [2.75, 3.05) is 38.0 Å². The lowest BCUT2D eigenvalue weighted by atomic mass is 10.3. The summed E-state index contributed by atoms with van der Waals surface area (Å²) < 4.78 is 27.2. The predicted molar refractivity (Wildman–Crippen MR) is 102 cm³/mol. The van der Waals surface area contributed by atoms with Crippen molar-refractivity contribution in [1.29, 1.82) is 0 Å². The molecule has 0 atom stereocenters. The normalized spacial score (nSPS) is 16.5. The molecule has 1 aliphatic rings. The van der Waals surface area contributed by atoms with Gasteiger partial charge in [-0.05, 0) is 24.7 Å². The van der Waals surface area contributed by atoms with E-state index in [1.54, 1.807) is 23.7 Å². The summed E-state index contributed by atoms with van der Waals surface area (Å²) in [6.07, 6.45) is 0.166. The number of likely N-dealkylation sites (N-methyl/N-ethyl adjacent to an activating group) is 1. The van der Waals surface area contributed by atoms with Gasteiger partial charge in [-0.25, -0.2) is 13.4 Å². The van der Waals surface area contributed by atoms with E-state index in [2.05, 4.69) is 22.1 Å². The first-order chi connectivity index (χ1) is 12.5. The van der Waals surface area contributed by atoms with Gasteiger partial charge >= 0.3 is 0 Å². The van der Waals surface area contributed by atoms with Gasteiger partial charge in [-0.2, -0.15) is 4.31 Å². The van der Waals surface area contributed by atoms with Crippen LogP contribution in [0.25, 0.3) is 0 Å². The zero-order valence-corrected chi connectivity index (χ0v) is 16.2. The second-order valence-electron chi connectivity index (χ2n) is 6.07. The molecule has 0 aliphatic carbocycles. The number of aromatic nitrogens is 1. The highest BCUT2D eigenvalue weighted by Crippen LogP contribution is 2.21. The van der Waals surface area contributed by atoms with Crippen LogP contribution >= 0.6 is 11.3 Å². The number of amides is 1. The Hall–Kier alpha value is -1.81. The third-order valence-electron chi connectivity index (χ3n) is 4.36.